The number of anilines is 1. The first kappa shape index (κ1) is 21.8. The van der Waals surface area contributed by atoms with E-state index in [0.717, 1.165) is 38.2 Å². The summed E-state index contributed by atoms with van der Waals surface area (Å²) in [4.78, 5) is 19.3. The van der Waals surface area contributed by atoms with Crippen molar-refractivity contribution < 1.29 is 9.53 Å². The van der Waals surface area contributed by atoms with E-state index in [0.29, 0.717) is 0 Å². The molecule has 0 saturated heterocycles. The molecule has 2 aromatic heterocycles. The number of carbonyl (C=O) groups excluding carboxylic acids is 1. The Kier molecular flexibility index (Phi) is 6.14. The number of hydrogen-bond acceptors (Lipinski definition) is 6. The van der Waals surface area contributed by atoms with Crippen molar-refractivity contribution in [3.63, 3.8) is 0 Å². The van der Waals surface area contributed by atoms with Crippen molar-refractivity contribution in [2.24, 2.45) is 0 Å². The summed E-state index contributed by atoms with van der Waals surface area (Å²) in [6.45, 7) is 6.23. The van der Waals surface area contributed by atoms with E-state index < -0.39 is 0 Å². The lowest BCUT2D eigenvalue weighted by Crippen LogP contribution is -2.36. The van der Waals surface area contributed by atoms with Gasteiger partial charge in [0.2, 0.25) is 5.91 Å². The van der Waals surface area contributed by atoms with Crippen LogP contribution in [0.15, 0.2) is 48.5 Å². The molecule has 4 rings (SSSR count). The number of methoxy groups -OCH3 is 1. The molecule has 4 aromatic rings. The van der Waals surface area contributed by atoms with Gasteiger partial charge < -0.3 is 15.0 Å². The van der Waals surface area contributed by atoms with Gasteiger partial charge in [0, 0.05) is 7.05 Å². The molecule has 32 heavy (non-hydrogen) atoms. The van der Waals surface area contributed by atoms with E-state index in [1.54, 1.807) is 18.4 Å². The van der Waals surface area contributed by atoms with Gasteiger partial charge in [0.1, 0.15) is 5.75 Å². The van der Waals surface area contributed by atoms with Crippen LogP contribution in [-0.2, 0) is 4.79 Å². The van der Waals surface area contributed by atoms with Crippen molar-refractivity contribution >= 4 is 32.7 Å². The summed E-state index contributed by atoms with van der Waals surface area (Å²) < 4.78 is 8.09. The van der Waals surface area contributed by atoms with Crippen molar-refractivity contribution in [1.29, 1.82) is 0 Å². The van der Waals surface area contributed by atoms with Gasteiger partial charge >= 0.3 is 0 Å². The molecule has 1 atom stereocenters. The Bertz CT molecular complexity index is 1230. The summed E-state index contributed by atoms with van der Waals surface area (Å²) in [7, 11) is 3.52. The molecule has 2 aromatic carbocycles. The largest absolute Gasteiger partial charge is 0.497 e. The van der Waals surface area contributed by atoms with E-state index in [9.17, 15) is 4.79 Å². The fraction of sp³-hybridized carbons (Fsp3) is 0.292. The number of aromatic nitrogens is 3. The van der Waals surface area contributed by atoms with Crippen molar-refractivity contribution in [2.75, 3.05) is 25.6 Å². The minimum atomic E-state index is -0.102. The van der Waals surface area contributed by atoms with Gasteiger partial charge in [0.05, 0.1) is 35.8 Å². The number of carbonyl (C=O) groups is 1. The van der Waals surface area contributed by atoms with Crippen LogP contribution in [0.1, 0.15) is 29.8 Å². The number of likely N-dealkylation sites (N-methyl/N-ethyl adjacent to an activating group) is 1. The fourth-order valence-corrected chi connectivity index (χ4v) is 4.45. The molecule has 8 heteroatoms. The average molecular weight is 450 g/mol. The standard InChI is InChI=1S/C24H27N5O2S/c1-15-6-10-19(11-7-15)29-23-22(17(3)27-29)32-24(26-23)28(4)14-21(30)25-16(2)18-8-12-20(31-5)13-9-18/h6-13,16H,14H2,1-5H3,(H,25,30). The third-order valence-corrected chi connectivity index (χ3v) is 6.62. The maximum Gasteiger partial charge on any atom is 0.240 e. The molecule has 0 aliphatic carbocycles. The molecule has 0 fully saturated rings. The van der Waals surface area contributed by atoms with Gasteiger partial charge in [0.15, 0.2) is 10.8 Å². The minimum Gasteiger partial charge on any atom is -0.497 e. The van der Waals surface area contributed by atoms with Gasteiger partial charge in [-0.1, -0.05) is 41.2 Å². The zero-order chi connectivity index (χ0) is 22.8. The quantitative estimate of drug-likeness (QED) is 0.452. The Morgan fingerprint density at radius 1 is 1.16 bits per heavy atom. The average Bonchev–Trinajstić information content (AvgIpc) is 3.35. The molecule has 2 heterocycles. The molecule has 7 nitrogen and oxygen atoms in total. The monoisotopic (exact) mass is 449 g/mol. The highest BCUT2D eigenvalue weighted by atomic mass is 32.1. The van der Waals surface area contributed by atoms with Crippen LogP contribution in [0.5, 0.6) is 5.75 Å². The first-order valence-corrected chi connectivity index (χ1v) is 11.2. The second-order valence-corrected chi connectivity index (χ2v) is 8.88. The molecule has 1 amide bonds. The molecule has 1 N–H and O–H groups in total. The molecule has 1 unspecified atom stereocenters. The van der Waals surface area contributed by atoms with Crippen LogP contribution in [0, 0.1) is 13.8 Å². The first-order chi connectivity index (χ1) is 15.4. The van der Waals surface area contributed by atoms with Crippen molar-refractivity contribution in [2.45, 2.75) is 26.8 Å². The van der Waals surface area contributed by atoms with E-state index in [-0.39, 0.29) is 18.5 Å². The van der Waals surface area contributed by atoms with Crippen LogP contribution < -0.4 is 15.0 Å². The molecule has 0 bridgehead atoms. The first-order valence-electron chi connectivity index (χ1n) is 10.4. The third-order valence-electron chi connectivity index (χ3n) is 5.36. The number of amides is 1. The zero-order valence-electron chi connectivity index (χ0n) is 18.9. The highest BCUT2D eigenvalue weighted by Gasteiger charge is 2.19. The Labute approximate surface area is 191 Å². The molecule has 0 radical (unpaired) electrons. The molecular formula is C24H27N5O2S. The van der Waals surface area contributed by atoms with Crippen LogP contribution in [0.2, 0.25) is 0 Å². The Hall–Kier alpha value is -3.39. The third kappa shape index (κ3) is 4.45. The summed E-state index contributed by atoms with van der Waals surface area (Å²) in [6, 6.07) is 15.8. The number of nitrogens with zero attached hydrogens (tertiary/aromatic N) is 4. The minimum absolute atomic E-state index is 0.0630. The smallest absolute Gasteiger partial charge is 0.240 e. The fourth-order valence-electron chi connectivity index (χ4n) is 3.50. The summed E-state index contributed by atoms with van der Waals surface area (Å²) in [6.07, 6.45) is 0. The number of nitrogens with one attached hydrogen (secondary N) is 1. The normalized spacial score (nSPS) is 12.0. The van der Waals surface area contributed by atoms with Gasteiger partial charge in [-0.3, -0.25) is 4.79 Å². The van der Waals surface area contributed by atoms with Crippen LogP contribution in [-0.4, -0.2) is 41.4 Å². The highest BCUT2D eigenvalue weighted by Crippen LogP contribution is 2.32. The van der Waals surface area contributed by atoms with E-state index in [4.69, 9.17) is 9.72 Å². The SMILES string of the molecule is COc1ccc(C(C)NC(=O)CN(C)c2nc3c(s2)c(C)nn3-c2ccc(C)cc2)cc1. The number of ether oxygens (including phenoxy) is 1. The molecule has 0 aliphatic heterocycles. The molecular weight excluding hydrogens is 422 g/mol. The van der Waals surface area contributed by atoms with Crippen molar-refractivity contribution in [3.8, 4) is 11.4 Å². The van der Waals surface area contributed by atoms with Crippen molar-refractivity contribution in [3.05, 3.63) is 65.4 Å². The maximum atomic E-state index is 12.7. The Balaban J connectivity index is 1.47. The van der Waals surface area contributed by atoms with Gasteiger partial charge in [0.25, 0.3) is 0 Å². The molecule has 166 valence electrons. The van der Waals surface area contributed by atoms with Crippen LogP contribution in [0.4, 0.5) is 5.13 Å². The second-order valence-electron chi connectivity index (χ2n) is 7.90. The van der Waals surface area contributed by atoms with Gasteiger partial charge in [-0.25, -0.2) is 4.68 Å². The van der Waals surface area contributed by atoms with Crippen LogP contribution in [0.3, 0.4) is 0 Å². The number of fused-ring (bicyclic) bond motifs is 1. The second kappa shape index (κ2) is 9.00. The predicted molar refractivity (Wildman–Crippen MR) is 129 cm³/mol. The highest BCUT2D eigenvalue weighted by molar-refractivity contribution is 7.22. The molecule has 0 aliphatic rings. The summed E-state index contributed by atoms with van der Waals surface area (Å²) in [5.74, 6) is 0.731. The summed E-state index contributed by atoms with van der Waals surface area (Å²) >= 11 is 1.55. The van der Waals surface area contributed by atoms with E-state index in [1.807, 2.05) is 66.9 Å². The Morgan fingerprint density at radius 3 is 2.50 bits per heavy atom. The van der Waals surface area contributed by atoms with Crippen molar-refractivity contribution in [1.82, 2.24) is 20.1 Å². The lowest BCUT2D eigenvalue weighted by atomic mass is 10.1. The zero-order valence-corrected chi connectivity index (χ0v) is 19.7. The Morgan fingerprint density at radius 2 is 1.84 bits per heavy atom. The predicted octanol–water partition coefficient (Wildman–Crippen LogP) is 4.42. The van der Waals surface area contributed by atoms with Gasteiger partial charge in [-0.05, 0) is 50.6 Å². The number of aryl methyl sites for hydroxylation is 2. The summed E-state index contributed by atoms with van der Waals surface area (Å²) in [5.41, 5.74) is 4.93. The maximum absolute atomic E-state index is 12.7. The number of thiazole rings is 1. The number of hydrogen-bond donors (Lipinski definition) is 1. The van der Waals surface area contributed by atoms with E-state index in [2.05, 4.69) is 29.5 Å². The lowest BCUT2D eigenvalue weighted by Gasteiger charge is -2.19. The van der Waals surface area contributed by atoms with Crippen LogP contribution >= 0.6 is 11.3 Å². The summed E-state index contributed by atoms with van der Waals surface area (Å²) in [5, 5.41) is 8.49. The van der Waals surface area contributed by atoms with E-state index in [1.165, 1.54) is 5.56 Å². The van der Waals surface area contributed by atoms with Gasteiger partial charge in [-0.15, -0.1) is 0 Å². The van der Waals surface area contributed by atoms with Gasteiger partial charge in [-0.2, -0.15) is 10.1 Å². The number of rotatable bonds is 7. The topological polar surface area (TPSA) is 72.3 Å². The molecule has 0 saturated carbocycles. The molecule has 0 spiro atoms. The van der Waals surface area contributed by atoms with Crippen LogP contribution in [0.25, 0.3) is 16.0 Å². The van der Waals surface area contributed by atoms with E-state index >= 15 is 0 Å². The lowest BCUT2D eigenvalue weighted by molar-refractivity contribution is -0.120. The number of benzene rings is 2.